The van der Waals surface area contributed by atoms with Crippen LogP contribution in [0.4, 0.5) is 4.79 Å². The van der Waals surface area contributed by atoms with Crippen LogP contribution in [0.15, 0.2) is 18.5 Å². The lowest BCUT2D eigenvalue weighted by Gasteiger charge is -2.27. The summed E-state index contributed by atoms with van der Waals surface area (Å²) >= 11 is 0. The van der Waals surface area contributed by atoms with Crippen LogP contribution < -0.4 is 0 Å². The highest BCUT2D eigenvalue weighted by Gasteiger charge is 2.36. The molecule has 2 heterocycles. The van der Waals surface area contributed by atoms with E-state index in [0.717, 1.165) is 43.4 Å². The molecule has 1 fully saturated rings. The first-order valence-corrected chi connectivity index (χ1v) is 10.3. The third-order valence-electron chi connectivity index (χ3n) is 5.01. The maximum atomic E-state index is 12.8. The number of methoxy groups -OCH3 is 1. The van der Waals surface area contributed by atoms with Crippen molar-refractivity contribution >= 4 is 17.1 Å². The van der Waals surface area contributed by atoms with E-state index in [2.05, 4.69) is 28.7 Å². The molecule has 3 rings (SSSR count). The minimum absolute atomic E-state index is 0.225. The van der Waals surface area contributed by atoms with E-state index >= 15 is 0 Å². The predicted molar refractivity (Wildman–Crippen MR) is 110 cm³/mol. The molecule has 6 nitrogen and oxygen atoms in total. The molecule has 2 aromatic rings. The molecule has 0 bridgehead atoms. The highest BCUT2D eigenvalue weighted by atomic mass is 16.6. The number of ether oxygens (including phenoxy) is 2. The van der Waals surface area contributed by atoms with Crippen molar-refractivity contribution in [1.29, 1.82) is 0 Å². The van der Waals surface area contributed by atoms with Crippen LogP contribution >= 0.6 is 0 Å². The van der Waals surface area contributed by atoms with Crippen LogP contribution in [-0.4, -0.2) is 45.9 Å². The number of amides is 1. The number of nitrogens with zero attached hydrogens (tertiary/aromatic N) is 3. The molecular formula is C22H33N3O3. The number of carbonyl (C=O) groups is 1. The Kier molecular flexibility index (Phi) is 6.28. The first-order valence-electron chi connectivity index (χ1n) is 10.3. The zero-order chi connectivity index (χ0) is 20.3. The van der Waals surface area contributed by atoms with Gasteiger partial charge in [-0.1, -0.05) is 6.92 Å². The largest absolute Gasteiger partial charge is 0.444 e. The van der Waals surface area contributed by atoms with Crippen LogP contribution in [0.1, 0.15) is 58.1 Å². The van der Waals surface area contributed by atoms with Crippen LogP contribution in [0.3, 0.4) is 0 Å². The van der Waals surface area contributed by atoms with E-state index < -0.39 is 5.60 Å². The van der Waals surface area contributed by atoms with Gasteiger partial charge in [0.25, 0.3) is 0 Å². The van der Waals surface area contributed by atoms with Gasteiger partial charge >= 0.3 is 6.09 Å². The van der Waals surface area contributed by atoms with E-state index in [0.29, 0.717) is 13.2 Å². The molecule has 1 aliphatic carbocycles. The van der Waals surface area contributed by atoms with E-state index in [1.54, 1.807) is 7.11 Å². The molecule has 0 N–H and O–H groups in total. The van der Waals surface area contributed by atoms with Gasteiger partial charge in [0.2, 0.25) is 0 Å². The highest BCUT2D eigenvalue weighted by Crippen LogP contribution is 2.33. The van der Waals surface area contributed by atoms with Crippen molar-refractivity contribution in [1.82, 2.24) is 14.5 Å². The van der Waals surface area contributed by atoms with Gasteiger partial charge in [0.05, 0.1) is 6.54 Å². The van der Waals surface area contributed by atoms with E-state index in [9.17, 15) is 4.79 Å². The van der Waals surface area contributed by atoms with Gasteiger partial charge in [-0.25, -0.2) is 9.78 Å². The van der Waals surface area contributed by atoms with E-state index in [4.69, 9.17) is 9.47 Å². The Bertz CT molecular complexity index is 818. The summed E-state index contributed by atoms with van der Waals surface area (Å²) in [6.45, 7) is 10.0. The van der Waals surface area contributed by atoms with Gasteiger partial charge < -0.3 is 18.9 Å². The topological polar surface area (TPSA) is 56.6 Å². The number of carbonyl (C=O) groups excluding carboxylic acids is 1. The molecule has 0 unspecified atom stereocenters. The number of fused-ring (bicyclic) bond motifs is 1. The van der Waals surface area contributed by atoms with Crippen molar-refractivity contribution in [3.05, 3.63) is 29.6 Å². The quantitative estimate of drug-likeness (QED) is 0.624. The Hall–Kier alpha value is -2.08. The normalized spacial score (nSPS) is 14.5. The maximum Gasteiger partial charge on any atom is 0.410 e. The number of pyridine rings is 1. The Morgan fingerprint density at radius 2 is 2.07 bits per heavy atom. The Morgan fingerprint density at radius 3 is 2.68 bits per heavy atom. The second kappa shape index (κ2) is 8.52. The smallest absolute Gasteiger partial charge is 0.410 e. The van der Waals surface area contributed by atoms with E-state index in [-0.39, 0.29) is 12.1 Å². The van der Waals surface area contributed by atoms with Crippen molar-refractivity contribution in [2.24, 2.45) is 0 Å². The molecule has 0 atom stereocenters. The number of rotatable bonds is 8. The molecule has 1 amide bonds. The van der Waals surface area contributed by atoms with Gasteiger partial charge in [0.15, 0.2) is 0 Å². The lowest BCUT2D eigenvalue weighted by molar-refractivity contribution is 0.0217. The predicted octanol–water partition coefficient (Wildman–Crippen LogP) is 4.53. The third-order valence-corrected chi connectivity index (χ3v) is 5.01. The van der Waals surface area contributed by atoms with Crippen molar-refractivity contribution < 1.29 is 14.3 Å². The fraction of sp³-hybridized carbons (Fsp3) is 0.636. The molecule has 6 heteroatoms. The Morgan fingerprint density at radius 1 is 1.32 bits per heavy atom. The zero-order valence-corrected chi connectivity index (χ0v) is 17.8. The monoisotopic (exact) mass is 387 g/mol. The highest BCUT2D eigenvalue weighted by molar-refractivity contribution is 5.84. The second-order valence-electron chi connectivity index (χ2n) is 8.56. The van der Waals surface area contributed by atoms with E-state index in [1.807, 2.05) is 31.9 Å². The summed E-state index contributed by atoms with van der Waals surface area (Å²) in [4.78, 5) is 19.4. The number of aromatic nitrogens is 2. The van der Waals surface area contributed by atoms with Gasteiger partial charge in [-0.05, 0) is 63.6 Å². The molecular weight excluding hydrogens is 354 g/mol. The minimum atomic E-state index is -0.492. The van der Waals surface area contributed by atoms with Gasteiger partial charge in [0, 0.05) is 44.1 Å². The SMILES string of the molecule is CCc1ccnc2c1c(CN(C(=O)OC(C)(C)C)C1CC1)cn2CCCOC. The van der Waals surface area contributed by atoms with Crippen LogP contribution in [0, 0.1) is 0 Å². The van der Waals surface area contributed by atoms with Crippen LogP contribution in [0.25, 0.3) is 11.0 Å². The fourth-order valence-electron chi connectivity index (χ4n) is 3.57. The molecule has 1 saturated carbocycles. The summed E-state index contributed by atoms with van der Waals surface area (Å²) in [5, 5.41) is 1.18. The van der Waals surface area contributed by atoms with Crippen molar-refractivity contribution in [2.45, 2.75) is 78.1 Å². The summed E-state index contributed by atoms with van der Waals surface area (Å²) in [5.74, 6) is 0. The fourth-order valence-corrected chi connectivity index (χ4v) is 3.57. The van der Waals surface area contributed by atoms with E-state index in [1.165, 1.54) is 10.9 Å². The first kappa shape index (κ1) is 20.6. The maximum absolute atomic E-state index is 12.8. The molecule has 154 valence electrons. The number of hydrogen-bond donors (Lipinski definition) is 0. The summed E-state index contributed by atoms with van der Waals surface area (Å²) in [7, 11) is 1.72. The molecule has 2 aromatic heterocycles. The average molecular weight is 388 g/mol. The Labute approximate surface area is 167 Å². The lowest BCUT2D eigenvalue weighted by Crippen LogP contribution is -2.37. The molecule has 0 radical (unpaired) electrons. The number of hydrogen-bond acceptors (Lipinski definition) is 4. The van der Waals surface area contributed by atoms with Crippen LogP contribution in [0.2, 0.25) is 0 Å². The summed E-state index contributed by atoms with van der Waals surface area (Å²) in [6.07, 6.45) is 7.77. The summed E-state index contributed by atoms with van der Waals surface area (Å²) in [6, 6.07) is 2.36. The first-order chi connectivity index (χ1) is 13.3. The summed E-state index contributed by atoms with van der Waals surface area (Å²) in [5.41, 5.74) is 2.92. The number of aryl methyl sites for hydroxylation is 2. The molecule has 0 aromatic carbocycles. The van der Waals surface area contributed by atoms with Gasteiger partial charge in [-0.15, -0.1) is 0 Å². The van der Waals surface area contributed by atoms with Crippen molar-refractivity contribution in [2.75, 3.05) is 13.7 Å². The molecule has 0 saturated heterocycles. The van der Waals surface area contributed by atoms with Gasteiger partial charge in [-0.3, -0.25) is 0 Å². The average Bonchev–Trinajstić information content (AvgIpc) is 3.41. The lowest BCUT2D eigenvalue weighted by atomic mass is 10.1. The van der Waals surface area contributed by atoms with Gasteiger partial charge in [-0.2, -0.15) is 0 Å². The van der Waals surface area contributed by atoms with Crippen molar-refractivity contribution in [3.63, 3.8) is 0 Å². The second-order valence-corrected chi connectivity index (χ2v) is 8.56. The van der Waals surface area contributed by atoms with Crippen molar-refractivity contribution in [3.8, 4) is 0 Å². The molecule has 28 heavy (non-hydrogen) atoms. The molecule has 0 spiro atoms. The zero-order valence-electron chi connectivity index (χ0n) is 17.8. The van der Waals surface area contributed by atoms with Crippen LogP contribution in [0.5, 0.6) is 0 Å². The molecule has 1 aliphatic rings. The third kappa shape index (κ3) is 4.85. The Balaban J connectivity index is 1.93. The minimum Gasteiger partial charge on any atom is -0.444 e. The van der Waals surface area contributed by atoms with Gasteiger partial charge in [0.1, 0.15) is 11.2 Å². The standard InChI is InChI=1S/C22H33N3O3/c1-6-16-10-11-23-20-19(16)17(14-24(20)12-7-13-27-5)15-25(18-8-9-18)21(26)28-22(2,3)4/h10-11,14,18H,6-9,12-13,15H2,1-5H3. The van der Waals surface area contributed by atoms with Crippen LogP contribution in [-0.2, 0) is 29.0 Å². The summed E-state index contributed by atoms with van der Waals surface area (Å²) < 4.78 is 13.1. The molecule has 0 aliphatic heterocycles.